The van der Waals surface area contributed by atoms with Crippen molar-refractivity contribution >= 4 is 5.69 Å². The molecule has 4 heteroatoms. The van der Waals surface area contributed by atoms with Crippen LogP contribution in [0.2, 0.25) is 0 Å². The lowest BCUT2D eigenvalue weighted by Crippen LogP contribution is -2.43. The molecular weight excluding hydrogens is 238 g/mol. The summed E-state index contributed by atoms with van der Waals surface area (Å²) in [4.78, 5) is 5.77. The van der Waals surface area contributed by atoms with Crippen molar-refractivity contribution in [2.24, 2.45) is 0 Å². The van der Waals surface area contributed by atoms with Crippen LogP contribution in [-0.4, -0.2) is 38.3 Å². The fourth-order valence-corrected chi connectivity index (χ4v) is 2.54. The van der Waals surface area contributed by atoms with Crippen LogP contribution in [-0.2, 0) is 0 Å². The Morgan fingerprint density at radius 2 is 2.00 bits per heavy atom. The Morgan fingerprint density at radius 1 is 1.16 bits per heavy atom. The summed E-state index contributed by atoms with van der Waals surface area (Å²) in [5.41, 5.74) is 3.61. The number of hydrogen-bond donors (Lipinski definition) is 2. The van der Waals surface area contributed by atoms with Gasteiger partial charge in [-0.05, 0) is 18.2 Å². The van der Waals surface area contributed by atoms with Gasteiger partial charge in [0, 0.05) is 37.9 Å². The Bertz CT molecular complexity index is 544. The predicted octanol–water partition coefficient (Wildman–Crippen LogP) is 2.10. The van der Waals surface area contributed by atoms with Crippen LogP contribution in [0.1, 0.15) is 0 Å². The smallest absolute Gasteiger partial charge is 0.119 e. The molecule has 0 saturated carbocycles. The van der Waals surface area contributed by atoms with E-state index in [0.717, 1.165) is 37.5 Å². The normalized spacial score (nSPS) is 15.5. The molecular formula is C15H19N3O. The molecule has 0 spiro atoms. The number of anilines is 1. The van der Waals surface area contributed by atoms with Crippen LogP contribution < -0.4 is 15.0 Å². The highest BCUT2D eigenvalue weighted by atomic mass is 16.5. The molecule has 1 saturated heterocycles. The number of benzene rings is 1. The molecule has 2 heterocycles. The molecule has 100 valence electrons. The topological polar surface area (TPSA) is 40.3 Å². The highest BCUT2D eigenvalue weighted by Crippen LogP contribution is 2.31. The number of rotatable bonds is 3. The maximum atomic E-state index is 5.30. The SMILES string of the molecule is COc1cccc(-c2[nH]ccc2N2CCNCC2)c1. The molecule has 0 bridgehead atoms. The van der Waals surface area contributed by atoms with E-state index in [1.165, 1.54) is 11.4 Å². The first-order valence-electron chi connectivity index (χ1n) is 6.66. The van der Waals surface area contributed by atoms with Crippen LogP contribution in [0.5, 0.6) is 5.75 Å². The van der Waals surface area contributed by atoms with Crippen LogP contribution >= 0.6 is 0 Å². The molecule has 1 aromatic carbocycles. The first-order valence-corrected chi connectivity index (χ1v) is 6.66. The van der Waals surface area contributed by atoms with Gasteiger partial charge in [-0.3, -0.25) is 0 Å². The third-order valence-electron chi connectivity index (χ3n) is 3.54. The Balaban J connectivity index is 1.94. The number of H-pyrrole nitrogens is 1. The summed E-state index contributed by atoms with van der Waals surface area (Å²) in [6.45, 7) is 4.19. The molecule has 0 amide bonds. The summed E-state index contributed by atoms with van der Waals surface area (Å²) in [5.74, 6) is 0.887. The van der Waals surface area contributed by atoms with Crippen molar-refractivity contribution in [3.05, 3.63) is 36.5 Å². The lowest BCUT2D eigenvalue weighted by molar-refractivity contribution is 0.415. The second-order valence-corrected chi connectivity index (χ2v) is 4.71. The molecule has 2 N–H and O–H groups in total. The number of aromatic nitrogens is 1. The minimum Gasteiger partial charge on any atom is -0.497 e. The molecule has 4 nitrogen and oxygen atoms in total. The van der Waals surface area contributed by atoms with Gasteiger partial charge in [-0.2, -0.15) is 0 Å². The molecule has 1 fully saturated rings. The first-order chi connectivity index (χ1) is 9.38. The van der Waals surface area contributed by atoms with Crippen molar-refractivity contribution in [3.63, 3.8) is 0 Å². The maximum Gasteiger partial charge on any atom is 0.119 e. The van der Waals surface area contributed by atoms with Gasteiger partial charge in [0.2, 0.25) is 0 Å². The summed E-state index contributed by atoms with van der Waals surface area (Å²) in [6, 6.07) is 10.3. The van der Waals surface area contributed by atoms with E-state index in [-0.39, 0.29) is 0 Å². The quantitative estimate of drug-likeness (QED) is 0.884. The number of ether oxygens (including phenoxy) is 1. The summed E-state index contributed by atoms with van der Waals surface area (Å²) in [7, 11) is 1.70. The van der Waals surface area contributed by atoms with Crippen LogP contribution in [0.4, 0.5) is 5.69 Å². The Kier molecular flexibility index (Phi) is 3.42. The number of aromatic amines is 1. The lowest BCUT2D eigenvalue weighted by atomic mass is 10.1. The summed E-state index contributed by atoms with van der Waals surface area (Å²) in [5, 5.41) is 3.38. The molecule has 2 aromatic rings. The van der Waals surface area contributed by atoms with Crippen molar-refractivity contribution in [2.75, 3.05) is 38.2 Å². The lowest BCUT2D eigenvalue weighted by Gasteiger charge is -2.29. The van der Waals surface area contributed by atoms with Crippen molar-refractivity contribution in [1.82, 2.24) is 10.3 Å². The Morgan fingerprint density at radius 3 is 2.79 bits per heavy atom. The van der Waals surface area contributed by atoms with Crippen LogP contribution in [0.25, 0.3) is 11.3 Å². The molecule has 0 radical (unpaired) electrons. The Hall–Kier alpha value is -1.94. The molecule has 0 unspecified atom stereocenters. The molecule has 0 atom stereocenters. The fraction of sp³-hybridized carbons (Fsp3) is 0.333. The van der Waals surface area contributed by atoms with Gasteiger partial charge in [-0.15, -0.1) is 0 Å². The third-order valence-corrected chi connectivity index (χ3v) is 3.54. The van der Waals surface area contributed by atoms with Crippen molar-refractivity contribution in [3.8, 4) is 17.0 Å². The average molecular weight is 257 g/mol. The van der Waals surface area contributed by atoms with Gasteiger partial charge in [0.15, 0.2) is 0 Å². The predicted molar refractivity (Wildman–Crippen MR) is 77.9 cm³/mol. The third kappa shape index (κ3) is 2.44. The van der Waals surface area contributed by atoms with Gasteiger partial charge in [0.25, 0.3) is 0 Å². The van der Waals surface area contributed by atoms with Gasteiger partial charge in [-0.25, -0.2) is 0 Å². The summed E-state index contributed by atoms with van der Waals surface area (Å²) < 4.78 is 5.30. The van der Waals surface area contributed by atoms with Gasteiger partial charge >= 0.3 is 0 Å². The van der Waals surface area contributed by atoms with E-state index in [2.05, 4.69) is 33.4 Å². The number of methoxy groups -OCH3 is 1. The minimum absolute atomic E-state index is 0.887. The molecule has 1 aromatic heterocycles. The summed E-state index contributed by atoms with van der Waals surface area (Å²) in [6.07, 6.45) is 2.01. The van der Waals surface area contributed by atoms with Crippen molar-refractivity contribution in [1.29, 1.82) is 0 Å². The average Bonchev–Trinajstić information content (AvgIpc) is 2.98. The largest absolute Gasteiger partial charge is 0.497 e. The van der Waals surface area contributed by atoms with Gasteiger partial charge in [-0.1, -0.05) is 12.1 Å². The monoisotopic (exact) mass is 257 g/mol. The van der Waals surface area contributed by atoms with E-state index in [0.29, 0.717) is 0 Å². The molecule has 3 rings (SSSR count). The van der Waals surface area contributed by atoms with Crippen molar-refractivity contribution in [2.45, 2.75) is 0 Å². The molecule has 0 aliphatic carbocycles. The van der Waals surface area contributed by atoms with E-state index >= 15 is 0 Å². The number of nitrogens with one attached hydrogen (secondary N) is 2. The summed E-state index contributed by atoms with van der Waals surface area (Å²) >= 11 is 0. The van der Waals surface area contributed by atoms with E-state index < -0.39 is 0 Å². The highest BCUT2D eigenvalue weighted by molar-refractivity contribution is 5.76. The molecule has 19 heavy (non-hydrogen) atoms. The minimum atomic E-state index is 0.887. The molecule has 1 aliphatic heterocycles. The second-order valence-electron chi connectivity index (χ2n) is 4.71. The zero-order valence-corrected chi connectivity index (χ0v) is 11.1. The van der Waals surface area contributed by atoms with Gasteiger partial charge in [0.05, 0.1) is 18.5 Å². The van der Waals surface area contributed by atoms with Crippen molar-refractivity contribution < 1.29 is 4.74 Å². The molecule has 1 aliphatic rings. The van der Waals surface area contributed by atoms with E-state index in [1.807, 2.05) is 18.3 Å². The fourth-order valence-electron chi connectivity index (χ4n) is 2.54. The maximum absolute atomic E-state index is 5.30. The van der Waals surface area contributed by atoms with E-state index in [1.54, 1.807) is 7.11 Å². The van der Waals surface area contributed by atoms with Gasteiger partial charge in [0.1, 0.15) is 5.75 Å². The van der Waals surface area contributed by atoms with Crippen LogP contribution in [0.3, 0.4) is 0 Å². The standard InChI is InChI=1S/C15H19N3O/c1-19-13-4-2-3-12(11-13)15-14(5-6-17-15)18-9-7-16-8-10-18/h2-6,11,16-17H,7-10H2,1H3. The highest BCUT2D eigenvalue weighted by Gasteiger charge is 2.16. The van der Waals surface area contributed by atoms with E-state index in [9.17, 15) is 0 Å². The number of hydrogen-bond acceptors (Lipinski definition) is 3. The van der Waals surface area contributed by atoms with Crippen LogP contribution in [0.15, 0.2) is 36.5 Å². The van der Waals surface area contributed by atoms with Gasteiger partial charge < -0.3 is 19.9 Å². The van der Waals surface area contributed by atoms with Crippen LogP contribution in [0, 0.1) is 0 Å². The van der Waals surface area contributed by atoms with E-state index in [4.69, 9.17) is 4.74 Å². The second kappa shape index (κ2) is 5.36. The zero-order chi connectivity index (χ0) is 13.1. The Labute approximate surface area is 113 Å². The number of piperazine rings is 1. The number of nitrogens with zero attached hydrogens (tertiary/aromatic N) is 1. The zero-order valence-electron chi connectivity index (χ0n) is 11.1. The first kappa shape index (κ1) is 12.1.